The summed E-state index contributed by atoms with van der Waals surface area (Å²) in [6.45, 7) is 6.92. The van der Waals surface area contributed by atoms with Crippen LogP contribution in [-0.4, -0.2) is 15.2 Å². The quantitative estimate of drug-likeness (QED) is 0.879. The topological polar surface area (TPSA) is 82.0 Å². The SMILES string of the molecule is CCCn1c(N)c(NC2CCC(C)C2C)c(=O)n(C)c1=O. The molecule has 1 heterocycles. The first-order chi connectivity index (χ1) is 9.88. The van der Waals surface area contributed by atoms with Gasteiger partial charge in [0.05, 0.1) is 0 Å². The molecule has 1 aliphatic rings. The predicted molar refractivity (Wildman–Crippen MR) is 85.6 cm³/mol. The highest BCUT2D eigenvalue weighted by Crippen LogP contribution is 2.33. The van der Waals surface area contributed by atoms with E-state index in [2.05, 4.69) is 19.2 Å². The summed E-state index contributed by atoms with van der Waals surface area (Å²) in [5, 5.41) is 3.31. The van der Waals surface area contributed by atoms with Crippen molar-refractivity contribution in [3.63, 3.8) is 0 Å². The number of aromatic nitrogens is 2. The summed E-state index contributed by atoms with van der Waals surface area (Å²) in [6, 6.07) is 0.238. The standard InChI is InChI=1S/C15H26N4O2/c1-5-8-19-13(16)12(14(20)18(4)15(19)21)17-11-7-6-9(2)10(11)3/h9-11,17H,5-8,16H2,1-4H3. The summed E-state index contributed by atoms with van der Waals surface area (Å²) < 4.78 is 2.62. The second kappa shape index (κ2) is 5.95. The molecule has 3 unspecified atom stereocenters. The maximum absolute atomic E-state index is 12.3. The van der Waals surface area contributed by atoms with Crippen LogP contribution in [0.1, 0.15) is 40.0 Å². The van der Waals surface area contributed by atoms with Gasteiger partial charge in [0.2, 0.25) is 0 Å². The minimum absolute atomic E-state index is 0.238. The molecular formula is C15H26N4O2. The lowest BCUT2D eigenvalue weighted by Gasteiger charge is -2.23. The molecule has 3 atom stereocenters. The maximum atomic E-state index is 12.3. The van der Waals surface area contributed by atoms with Crippen LogP contribution in [0.15, 0.2) is 9.59 Å². The van der Waals surface area contributed by atoms with Crippen molar-refractivity contribution in [2.45, 2.75) is 52.6 Å². The fourth-order valence-electron chi connectivity index (χ4n) is 3.11. The van der Waals surface area contributed by atoms with E-state index >= 15 is 0 Å². The molecule has 1 saturated carbocycles. The summed E-state index contributed by atoms with van der Waals surface area (Å²) >= 11 is 0. The zero-order valence-electron chi connectivity index (χ0n) is 13.3. The van der Waals surface area contributed by atoms with E-state index in [9.17, 15) is 9.59 Å². The highest BCUT2D eigenvalue weighted by atomic mass is 16.2. The van der Waals surface area contributed by atoms with Crippen molar-refractivity contribution in [2.24, 2.45) is 18.9 Å². The zero-order chi connectivity index (χ0) is 15.7. The van der Waals surface area contributed by atoms with Crippen molar-refractivity contribution < 1.29 is 0 Å². The molecule has 0 aromatic carbocycles. The first-order valence-corrected chi connectivity index (χ1v) is 7.74. The number of hydrogen-bond donors (Lipinski definition) is 2. The van der Waals surface area contributed by atoms with Gasteiger partial charge < -0.3 is 11.1 Å². The van der Waals surface area contributed by atoms with Crippen LogP contribution in [0, 0.1) is 11.8 Å². The van der Waals surface area contributed by atoms with Crippen molar-refractivity contribution in [3.8, 4) is 0 Å². The average Bonchev–Trinajstić information content (AvgIpc) is 2.78. The van der Waals surface area contributed by atoms with Crippen LogP contribution >= 0.6 is 0 Å². The van der Waals surface area contributed by atoms with Crippen molar-refractivity contribution in [1.29, 1.82) is 0 Å². The lowest BCUT2D eigenvalue weighted by molar-refractivity contribution is 0.435. The van der Waals surface area contributed by atoms with E-state index in [1.54, 1.807) is 0 Å². The monoisotopic (exact) mass is 294 g/mol. The van der Waals surface area contributed by atoms with E-state index in [4.69, 9.17) is 5.73 Å². The summed E-state index contributed by atoms with van der Waals surface area (Å²) in [4.78, 5) is 24.5. The Morgan fingerprint density at radius 1 is 1.29 bits per heavy atom. The fourth-order valence-corrected chi connectivity index (χ4v) is 3.11. The maximum Gasteiger partial charge on any atom is 0.332 e. The third-order valence-corrected chi connectivity index (χ3v) is 4.83. The van der Waals surface area contributed by atoms with Crippen molar-refractivity contribution in [2.75, 3.05) is 11.1 Å². The van der Waals surface area contributed by atoms with Gasteiger partial charge in [-0.1, -0.05) is 20.8 Å². The molecule has 0 saturated heterocycles. The van der Waals surface area contributed by atoms with Crippen LogP contribution in [-0.2, 0) is 13.6 Å². The first-order valence-electron chi connectivity index (χ1n) is 7.74. The van der Waals surface area contributed by atoms with Crippen LogP contribution in [0.5, 0.6) is 0 Å². The highest BCUT2D eigenvalue weighted by molar-refractivity contribution is 5.61. The summed E-state index contributed by atoms with van der Waals surface area (Å²) in [5.41, 5.74) is 5.77. The molecule has 0 amide bonds. The second-order valence-corrected chi connectivity index (χ2v) is 6.22. The van der Waals surface area contributed by atoms with Crippen molar-refractivity contribution in [3.05, 3.63) is 20.8 Å². The zero-order valence-corrected chi connectivity index (χ0v) is 13.3. The number of nitrogens with one attached hydrogen (secondary N) is 1. The third-order valence-electron chi connectivity index (χ3n) is 4.83. The average molecular weight is 294 g/mol. The van der Waals surface area contributed by atoms with E-state index in [-0.39, 0.29) is 23.1 Å². The Bertz CT molecular complexity index is 632. The Morgan fingerprint density at radius 3 is 2.48 bits per heavy atom. The Balaban J connectivity index is 2.44. The number of nitrogen functional groups attached to an aromatic ring is 1. The molecule has 1 aromatic rings. The summed E-state index contributed by atoms with van der Waals surface area (Å²) in [5.74, 6) is 1.38. The normalized spacial score (nSPS) is 25.2. The van der Waals surface area contributed by atoms with Crippen molar-refractivity contribution >= 4 is 11.5 Å². The van der Waals surface area contributed by atoms with Crippen LogP contribution in [0.4, 0.5) is 11.5 Å². The molecule has 0 spiro atoms. The molecule has 21 heavy (non-hydrogen) atoms. The molecule has 6 nitrogen and oxygen atoms in total. The van der Waals surface area contributed by atoms with Gasteiger partial charge in [-0.25, -0.2) is 4.79 Å². The molecule has 2 rings (SSSR count). The van der Waals surface area contributed by atoms with E-state index in [1.807, 2.05) is 6.92 Å². The largest absolute Gasteiger partial charge is 0.383 e. The van der Waals surface area contributed by atoms with Crippen LogP contribution in [0.2, 0.25) is 0 Å². The van der Waals surface area contributed by atoms with Gasteiger partial charge in [0.15, 0.2) is 0 Å². The first kappa shape index (κ1) is 15.7. The number of anilines is 2. The van der Waals surface area contributed by atoms with Gasteiger partial charge in [-0.15, -0.1) is 0 Å². The minimum atomic E-state index is -0.349. The van der Waals surface area contributed by atoms with Gasteiger partial charge in [0.25, 0.3) is 5.56 Å². The molecule has 0 bridgehead atoms. The molecule has 0 radical (unpaired) electrons. The molecule has 3 N–H and O–H groups in total. The second-order valence-electron chi connectivity index (χ2n) is 6.22. The Hall–Kier alpha value is -1.72. The number of nitrogens with zero attached hydrogens (tertiary/aromatic N) is 2. The van der Waals surface area contributed by atoms with Gasteiger partial charge >= 0.3 is 5.69 Å². The van der Waals surface area contributed by atoms with Gasteiger partial charge in [-0.3, -0.25) is 13.9 Å². The minimum Gasteiger partial charge on any atom is -0.383 e. The number of rotatable bonds is 4. The third kappa shape index (κ3) is 2.71. The van der Waals surface area contributed by atoms with Crippen LogP contribution in [0.25, 0.3) is 0 Å². The van der Waals surface area contributed by atoms with E-state index in [1.165, 1.54) is 11.6 Å². The summed E-state index contributed by atoms with van der Waals surface area (Å²) in [6.07, 6.45) is 2.96. The molecule has 1 aliphatic carbocycles. The highest BCUT2D eigenvalue weighted by Gasteiger charge is 2.31. The summed E-state index contributed by atoms with van der Waals surface area (Å²) in [7, 11) is 1.50. The molecule has 6 heteroatoms. The van der Waals surface area contributed by atoms with E-state index in [0.29, 0.717) is 24.1 Å². The van der Waals surface area contributed by atoms with Gasteiger partial charge in [-0.2, -0.15) is 0 Å². The Kier molecular flexibility index (Phi) is 4.44. The molecule has 1 fully saturated rings. The Morgan fingerprint density at radius 2 is 1.95 bits per heavy atom. The number of nitrogens with two attached hydrogens (primary N) is 1. The Labute approximate surface area is 125 Å². The smallest absolute Gasteiger partial charge is 0.332 e. The molecule has 1 aromatic heterocycles. The van der Waals surface area contributed by atoms with Crippen molar-refractivity contribution in [1.82, 2.24) is 9.13 Å². The van der Waals surface area contributed by atoms with Crippen LogP contribution < -0.4 is 22.3 Å². The lowest BCUT2D eigenvalue weighted by atomic mass is 9.98. The molecule has 0 aliphatic heterocycles. The lowest BCUT2D eigenvalue weighted by Crippen LogP contribution is -2.42. The predicted octanol–water partition coefficient (Wildman–Crippen LogP) is 1.39. The number of hydrogen-bond acceptors (Lipinski definition) is 4. The van der Waals surface area contributed by atoms with Gasteiger partial charge in [-0.05, 0) is 31.1 Å². The van der Waals surface area contributed by atoms with E-state index in [0.717, 1.165) is 23.8 Å². The van der Waals surface area contributed by atoms with Gasteiger partial charge in [0.1, 0.15) is 11.5 Å². The van der Waals surface area contributed by atoms with E-state index < -0.39 is 0 Å². The molecular weight excluding hydrogens is 268 g/mol. The fraction of sp³-hybridized carbons (Fsp3) is 0.733. The molecule has 118 valence electrons. The van der Waals surface area contributed by atoms with Crippen LogP contribution in [0.3, 0.4) is 0 Å². The van der Waals surface area contributed by atoms with Gasteiger partial charge in [0, 0.05) is 19.6 Å².